The maximum atomic E-state index is 13.3. The Labute approximate surface area is 181 Å². The second-order valence-electron chi connectivity index (χ2n) is 8.12. The van der Waals surface area contributed by atoms with E-state index in [1.165, 1.54) is 0 Å². The molecule has 166 valence electrons. The number of aromatic amines is 1. The fourth-order valence-electron chi connectivity index (χ4n) is 4.26. The second kappa shape index (κ2) is 9.64. The summed E-state index contributed by atoms with van der Waals surface area (Å²) in [5.41, 5.74) is 2.88. The quantitative estimate of drug-likeness (QED) is 0.481. The molecule has 1 aliphatic rings. The molecule has 1 saturated carbocycles. The van der Waals surface area contributed by atoms with Gasteiger partial charge in [-0.25, -0.2) is 4.98 Å². The van der Waals surface area contributed by atoms with Crippen LogP contribution in [0.3, 0.4) is 0 Å². The van der Waals surface area contributed by atoms with Gasteiger partial charge in [0.2, 0.25) is 0 Å². The summed E-state index contributed by atoms with van der Waals surface area (Å²) in [4.78, 5) is 20.6. The van der Waals surface area contributed by atoms with Crippen molar-refractivity contribution in [3.63, 3.8) is 0 Å². The van der Waals surface area contributed by atoms with Crippen LogP contribution in [0.1, 0.15) is 54.6 Å². The van der Waals surface area contributed by atoms with Crippen LogP contribution >= 0.6 is 0 Å². The third-order valence-electron chi connectivity index (χ3n) is 5.95. The summed E-state index contributed by atoms with van der Waals surface area (Å²) < 4.78 is 12.7. The molecule has 1 atom stereocenters. The van der Waals surface area contributed by atoms with Crippen molar-refractivity contribution in [2.45, 2.75) is 50.9 Å². The highest BCUT2D eigenvalue weighted by Gasteiger charge is 2.25. The minimum absolute atomic E-state index is 0.116. The van der Waals surface area contributed by atoms with E-state index in [1.54, 1.807) is 32.8 Å². The summed E-state index contributed by atoms with van der Waals surface area (Å²) in [6.07, 6.45) is 10.2. The summed E-state index contributed by atoms with van der Waals surface area (Å²) in [7, 11) is 1.67. The smallest absolute Gasteiger partial charge is 0.253 e. The molecule has 31 heavy (non-hydrogen) atoms. The van der Waals surface area contributed by atoms with Gasteiger partial charge in [0, 0.05) is 48.4 Å². The summed E-state index contributed by atoms with van der Waals surface area (Å²) >= 11 is 0. The zero-order chi connectivity index (χ0) is 21.8. The first kappa shape index (κ1) is 21.5. The number of benzene rings is 1. The highest BCUT2D eigenvalue weighted by atomic mass is 16.5. The number of H-pyrrole nitrogens is 1. The van der Waals surface area contributed by atoms with Gasteiger partial charge in [-0.1, -0.05) is 0 Å². The van der Waals surface area contributed by atoms with Gasteiger partial charge in [0.25, 0.3) is 5.91 Å². The standard InChI is InChI=1S/C23H30N4O4/c1-15(28)21-13-25-22-19(21)11-17(27-8-7-24-14-27)12-20(22)23(29)26-16-3-5-18(6-4-16)31-10-9-30-2/h7-8,11-16,18,25,28H,3-6,9-10H2,1-2H3,(H,26,29)/t15?,16-,18-. The summed E-state index contributed by atoms with van der Waals surface area (Å²) in [5, 5.41) is 14.2. The van der Waals surface area contributed by atoms with Gasteiger partial charge in [0.1, 0.15) is 0 Å². The van der Waals surface area contributed by atoms with Crippen LogP contribution in [-0.4, -0.2) is 58.0 Å². The molecule has 1 aliphatic carbocycles. The molecule has 0 spiro atoms. The zero-order valence-corrected chi connectivity index (χ0v) is 18.0. The number of amides is 1. The molecular formula is C23H30N4O4. The van der Waals surface area contributed by atoms with Gasteiger partial charge in [-0.3, -0.25) is 4.79 Å². The van der Waals surface area contributed by atoms with Gasteiger partial charge in [-0.15, -0.1) is 0 Å². The monoisotopic (exact) mass is 426 g/mol. The Kier molecular flexibility index (Phi) is 6.70. The number of aliphatic hydroxyl groups excluding tert-OH is 1. The topological polar surface area (TPSA) is 101 Å². The molecule has 1 amide bonds. The van der Waals surface area contributed by atoms with Crippen molar-refractivity contribution in [3.05, 3.63) is 48.2 Å². The minimum atomic E-state index is -0.643. The van der Waals surface area contributed by atoms with Crippen molar-refractivity contribution in [2.75, 3.05) is 20.3 Å². The predicted molar refractivity (Wildman–Crippen MR) is 117 cm³/mol. The van der Waals surface area contributed by atoms with E-state index in [2.05, 4.69) is 15.3 Å². The molecule has 0 radical (unpaired) electrons. The Bertz CT molecular complexity index is 1000. The van der Waals surface area contributed by atoms with Crippen molar-refractivity contribution in [1.82, 2.24) is 19.9 Å². The first-order chi connectivity index (χ1) is 15.1. The molecule has 0 aliphatic heterocycles. The molecule has 3 aromatic rings. The number of carbonyl (C=O) groups excluding carboxylic acids is 1. The molecule has 1 fully saturated rings. The maximum Gasteiger partial charge on any atom is 0.253 e. The predicted octanol–water partition coefficient (Wildman–Crippen LogP) is 3.11. The number of hydrogen-bond acceptors (Lipinski definition) is 5. The van der Waals surface area contributed by atoms with Gasteiger partial charge >= 0.3 is 0 Å². The molecule has 8 heteroatoms. The number of nitrogens with zero attached hydrogens (tertiary/aromatic N) is 2. The highest BCUT2D eigenvalue weighted by molar-refractivity contribution is 6.07. The van der Waals surface area contributed by atoms with Crippen molar-refractivity contribution in [3.8, 4) is 5.69 Å². The molecule has 4 rings (SSSR count). The molecule has 2 aromatic heterocycles. The van der Waals surface area contributed by atoms with Gasteiger partial charge < -0.3 is 29.4 Å². The van der Waals surface area contributed by atoms with Crippen LogP contribution in [0.15, 0.2) is 37.1 Å². The molecule has 0 bridgehead atoms. The van der Waals surface area contributed by atoms with Crippen molar-refractivity contribution in [2.24, 2.45) is 0 Å². The second-order valence-corrected chi connectivity index (χ2v) is 8.12. The lowest BCUT2D eigenvalue weighted by Crippen LogP contribution is -2.39. The lowest BCUT2D eigenvalue weighted by molar-refractivity contribution is -0.00408. The molecule has 1 aromatic carbocycles. The van der Waals surface area contributed by atoms with Gasteiger partial charge in [0.15, 0.2) is 0 Å². The Hall–Kier alpha value is -2.68. The van der Waals surface area contributed by atoms with E-state index in [0.29, 0.717) is 18.8 Å². The fraction of sp³-hybridized carbons (Fsp3) is 0.478. The SMILES string of the molecule is COCCO[C@H]1CC[C@H](NC(=O)c2cc(-n3ccnc3)cc3c(C(C)O)c[nH]c23)CC1. The zero-order valence-electron chi connectivity index (χ0n) is 18.0. The third-order valence-corrected chi connectivity index (χ3v) is 5.95. The van der Waals surface area contributed by atoms with Crippen LogP contribution < -0.4 is 5.32 Å². The number of methoxy groups -OCH3 is 1. The molecule has 0 saturated heterocycles. The Balaban J connectivity index is 1.53. The largest absolute Gasteiger partial charge is 0.389 e. The number of hydrogen-bond donors (Lipinski definition) is 3. The number of carbonyl (C=O) groups is 1. The Morgan fingerprint density at radius 2 is 2.13 bits per heavy atom. The molecule has 8 nitrogen and oxygen atoms in total. The fourth-order valence-corrected chi connectivity index (χ4v) is 4.26. The van der Waals surface area contributed by atoms with Crippen LogP contribution in [0, 0.1) is 0 Å². The maximum absolute atomic E-state index is 13.3. The number of aromatic nitrogens is 3. The van der Waals surface area contributed by atoms with E-state index in [0.717, 1.165) is 47.8 Å². The van der Waals surface area contributed by atoms with E-state index in [1.807, 2.05) is 22.9 Å². The number of fused-ring (bicyclic) bond motifs is 1. The lowest BCUT2D eigenvalue weighted by Gasteiger charge is -2.29. The van der Waals surface area contributed by atoms with Crippen molar-refractivity contribution >= 4 is 16.8 Å². The Morgan fingerprint density at radius 1 is 1.32 bits per heavy atom. The van der Waals surface area contributed by atoms with Crippen LogP contribution in [0.25, 0.3) is 16.6 Å². The average Bonchev–Trinajstić information content (AvgIpc) is 3.44. The van der Waals surface area contributed by atoms with Gasteiger partial charge in [-0.2, -0.15) is 0 Å². The summed E-state index contributed by atoms with van der Waals surface area (Å²) in [5.74, 6) is -0.116. The molecular weight excluding hydrogens is 396 g/mol. The molecule has 2 heterocycles. The van der Waals surface area contributed by atoms with Crippen molar-refractivity contribution in [1.29, 1.82) is 0 Å². The number of imidazole rings is 1. The number of aliphatic hydroxyl groups is 1. The van der Waals surface area contributed by atoms with Crippen LogP contribution in [0.5, 0.6) is 0 Å². The first-order valence-corrected chi connectivity index (χ1v) is 10.8. The average molecular weight is 427 g/mol. The Morgan fingerprint density at radius 3 is 2.81 bits per heavy atom. The van der Waals surface area contributed by atoms with Crippen LogP contribution in [0.2, 0.25) is 0 Å². The minimum Gasteiger partial charge on any atom is -0.389 e. The summed E-state index contributed by atoms with van der Waals surface area (Å²) in [6.45, 7) is 2.93. The highest BCUT2D eigenvalue weighted by Crippen LogP contribution is 2.30. The molecule has 1 unspecified atom stereocenters. The third kappa shape index (κ3) is 4.81. The molecule has 3 N–H and O–H groups in total. The summed E-state index contributed by atoms with van der Waals surface area (Å²) in [6, 6.07) is 3.95. The van der Waals surface area contributed by atoms with E-state index < -0.39 is 6.10 Å². The lowest BCUT2D eigenvalue weighted by atomic mass is 9.92. The van der Waals surface area contributed by atoms with E-state index >= 15 is 0 Å². The van der Waals surface area contributed by atoms with E-state index in [9.17, 15) is 9.90 Å². The normalized spacial score (nSPS) is 20.1. The number of ether oxygens (including phenoxy) is 2. The van der Waals surface area contributed by atoms with Crippen molar-refractivity contribution < 1.29 is 19.4 Å². The van der Waals surface area contributed by atoms with E-state index in [4.69, 9.17) is 9.47 Å². The van der Waals surface area contributed by atoms with Crippen LogP contribution in [-0.2, 0) is 9.47 Å². The number of rotatable bonds is 8. The van der Waals surface area contributed by atoms with Gasteiger partial charge in [0.05, 0.1) is 42.8 Å². The first-order valence-electron chi connectivity index (χ1n) is 10.8. The van der Waals surface area contributed by atoms with Gasteiger partial charge in [-0.05, 0) is 44.7 Å². The number of nitrogens with one attached hydrogen (secondary N) is 2. The van der Waals surface area contributed by atoms with E-state index in [-0.39, 0.29) is 18.1 Å². The van der Waals surface area contributed by atoms with Crippen LogP contribution in [0.4, 0.5) is 0 Å².